The molecular formula is C15H12N4O2. The maximum absolute atomic E-state index is 11.9. The lowest BCUT2D eigenvalue weighted by Gasteiger charge is -2.01. The van der Waals surface area contributed by atoms with Crippen molar-refractivity contribution in [3.63, 3.8) is 0 Å². The number of hydrogen-bond donors (Lipinski definition) is 1. The molecule has 0 unspecified atom stereocenters. The Labute approximate surface area is 120 Å². The summed E-state index contributed by atoms with van der Waals surface area (Å²) in [5, 5.41) is 6.52. The van der Waals surface area contributed by atoms with Crippen LogP contribution in [0.4, 0.5) is 0 Å². The minimum absolute atomic E-state index is 0.0576. The smallest absolute Gasteiger partial charge is 0.316 e. The summed E-state index contributed by atoms with van der Waals surface area (Å²) in [5.74, 6) is -0.0911. The number of nitrogens with one attached hydrogen (secondary N) is 1. The van der Waals surface area contributed by atoms with Crippen LogP contribution in [0, 0.1) is 0 Å². The first-order valence-corrected chi connectivity index (χ1v) is 6.39. The van der Waals surface area contributed by atoms with Gasteiger partial charge in [-0.15, -0.1) is 0 Å². The van der Waals surface area contributed by atoms with Gasteiger partial charge in [0.1, 0.15) is 0 Å². The van der Waals surface area contributed by atoms with Crippen LogP contribution in [0.3, 0.4) is 0 Å². The number of rotatable bonds is 4. The number of hydrogen-bond acceptors (Lipinski definition) is 5. The third-order valence-electron chi connectivity index (χ3n) is 2.85. The van der Waals surface area contributed by atoms with Crippen molar-refractivity contribution in [1.29, 1.82) is 0 Å². The molecule has 2 aromatic heterocycles. The highest BCUT2D eigenvalue weighted by Crippen LogP contribution is 2.13. The molecule has 0 bridgehead atoms. The van der Waals surface area contributed by atoms with Crippen molar-refractivity contribution in [3.05, 3.63) is 66.3 Å². The van der Waals surface area contributed by atoms with E-state index in [1.54, 1.807) is 24.5 Å². The average Bonchev–Trinajstić information content (AvgIpc) is 3.04. The minimum atomic E-state index is -0.397. The van der Waals surface area contributed by atoms with Crippen molar-refractivity contribution >= 4 is 5.91 Å². The van der Waals surface area contributed by atoms with Crippen LogP contribution in [0.1, 0.15) is 16.2 Å². The Balaban J connectivity index is 1.67. The molecule has 1 aromatic carbocycles. The van der Waals surface area contributed by atoms with Crippen LogP contribution < -0.4 is 5.32 Å². The Hall–Kier alpha value is -3.02. The van der Waals surface area contributed by atoms with Gasteiger partial charge in [-0.25, -0.2) is 0 Å². The number of amides is 1. The molecule has 3 rings (SSSR count). The van der Waals surface area contributed by atoms with Crippen LogP contribution in [0.5, 0.6) is 0 Å². The molecule has 0 aliphatic carbocycles. The van der Waals surface area contributed by atoms with Crippen molar-refractivity contribution < 1.29 is 9.32 Å². The van der Waals surface area contributed by atoms with Crippen molar-refractivity contribution in [2.24, 2.45) is 0 Å². The first kappa shape index (κ1) is 13.0. The van der Waals surface area contributed by atoms with Crippen molar-refractivity contribution in [1.82, 2.24) is 20.4 Å². The first-order chi connectivity index (χ1) is 10.3. The molecule has 6 nitrogen and oxygen atoms in total. The lowest BCUT2D eigenvalue weighted by atomic mass is 10.2. The summed E-state index contributed by atoms with van der Waals surface area (Å²) in [6.45, 7) is 0.409. The Morgan fingerprint density at radius 1 is 1.10 bits per heavy atom. The molecule has 21 heavy (non-hydrogen) atoms. The van der Waals surface area contributed by atoms with E-state index in [1.165, 1.54) is 0 Å². The predicted octanol–water partition coefficient (Wildman–Crippen LogP) is 2.06. The van der Waals surface area contributed by atoms with E-state index in [0.717, 1.165) is 11.1 Å². The highest BCUT2D eigenvalue weighted by Gasteiger charge is 2.15. The van der Waals surface area contributed by atoms with Crippen molar-refractivity contribution in [2.45, 2.75) is 6.54 Å². The molecule has 0 aliphatic rings. The molecule has 6 heteroatoms. The van der Waals surface area contributed by atoms with Gasteiger partial charge in [0.15, 0.2) is 0 Å². The van der Waals surface area contributed by atoms with Crippen LogP contribution in [-0.4, -0.2) is 21.0 Å². The van der Waals surface area contributed by atoms with Crippen molar-refractivity contribution in [3.8, 4) is 11.4 Å². The normalized spacial score (nSPS) is 10.3. The van der Waals surface area contributed by atoms with Gasteiger partial charge in [0.05, 0.1) is 0 Å². The molecule has 2 heterocycles. The lowest BCUT2D eigenvalue weighted by molar-refractivity contribution is 0.0907. The zero-order chi connectivity index (χ0) is 14.5. The minimum Gasteiger partial charge on any atom is -0.344 e. The van der Waals surface area contributed by atoms with E-state index in [-0.39, 0.29) is 5.89 Å². The lowest BCUT2D eigenvalue weighted by Crippen LogP contribution is -2.23. The van der Waals surface area contributed by atoms with E-state index < -0.39 is 5.91 Å². The molecule has 0 radical (unpaired) electrons. The molecule has 104 valence electrons. The fourth-order valence-electron chi connectivity index (χ4n) is 1.79. The summed E-state index contributed by atoms with van der Waals surface area (Å²) in [6.07, 6.45) is 3.25. The Morgan fingerprint density at radius 2 is 1.86 bits per heavy atom. The van der Waals surface area contributed by atoms with Crippen LogP contribution in [0.15, 0.2) is 59.4 Å². The monoisotopic (exact) mass is 280 g/mol. The second kappa shape index (κ2) is 5.96. The maximum Gasteiger partial charge on any atom is 0.316 e. The zero-order valence-corrected chi connectivity index (χ0v) is 11.1. The molecule has 1 amide bonds. The van der Waals surface area contributed by atoms with Crippen molar-refractivity contribution in [2.75, 3.05) is 0 Å². The van der Waals surface area contributed by atoms with Gasteiger partial charge < -0.3 is 9.84 Å². The quantitative estimate of drug-likeness (QED) is 0.791. The van der Waals surface area contributed by atoms with Crippen LogP contribution in [0.25, 0.3) is 11.4 Å². The SMILES string of the molecule is O=C(NCc1ccccc1)c1nc(-c2ccncc2)no1. The van der Waals surface area contributed by atoms with Gasteiger partial charge in [0, 0.05) is 24.5 Å². The van der Waals surface area contributed by atoms with Crippen LogP contribution in [0.2, 0.25) is 0 Å². The van der Waals surface area contributed by atoms with Gasteiger partial charge in [0.2, 0.25) is 5.82 Å². The maximum atomic E-state index is 11.9. The van der Waals surface area contributed by atoms with E-state index in [4.69, 9.17) is 4.52 Å². The number of carbonyl (C=O) groups excluding carboxylic acids is 1. The van der Waals surface area contributed by atoms with Crippen LogP contribution in [-0.2, 0) is 6.54 Å². The molecule has 0 aliphatic heterocycles. The second-order valence-electron chi connectivity index (χ2n) is 4.33. The molecule has 0 fully saturated rings. The predicted molar refractivity (Wildman–Crippen MR) is 75.1 cm³/mol. The summed E-state index contributed by atoms with van der Waals surface area (Å²) in [6, 6.07) is 13.1. The van der Waals surface area contributed by atoms with Gasteiger partial charge in [-0.3, -0.25) is 9.78 Å². The molecule has 0 spiro atoms. The highest BCUT2D eigenvalue weighted by atomic mass is 16.5. The number of carbonyl (C=O) groups is 1. The van der Waals surface area contributed by atoms with Crippen LogP contribution >= 0.6 is 0 Å². The van der Waals surface area contributed by atoms with E-state index in [2.05, 4.69) is 20.4 Å². The largest absolute Gasteiger partial charge is 0.344 e. The third kappa shape index (κ3) is 3.11. The standard InChI is InChI=1S/C15H12N4O2/c20-14(17-10-11-4-2-1-3-5-11)15-18-13(19-21-15)12-6-8-16-9-7-12/h1-9H,10H2,(H,17,20). The van der Waals surface area contributed by atoms with Gasteiger partial charge in [-0.2, -0.15) is 4.98 Å². The fraction of sp³-hybridized carbons (Fsp3) is 0.0667. The molecule has 3 aromatic rings. The third-order valence-corrected chi connectivity index (χ3v) is 2.85. The summed E-state index contributed by atoms with van der Waals surface area (Å²) in [4.78, 5) is 19.9. The first-order valence-electron chi connectivity index (χ1n) is 6.39. The molecule has 0 saturated carbocycles. The van der Waals surface area contributed by atoms with Gasteiger partial charge in [-0.1, -0.05) is 35.5 Å². The number of nitrogens with zero attached hydrogens (tertiary/aromatic N) is 3. The zero-order valence-electron chi connectivity index (χ0n) is 11.1. The summed E-state index contributed by atoms with van der Waals surface area (Å²) in [7, 11) is 0. The topological polar surface area (TPSA) is 80.9 Å². The molecule has 1 N–H and O–H groups in total. The van der Waals surface area contributed by atoms with Gasteiger partial charge in [-0.05, 0) is 17.7 Å². The summed E-state index contributed by atoms with van der Waals surface area (Å²) in [5.41, 5.74) is 1.75. The summed E-state index contributed by atoms with van der Waals surface area (Å²) < 4.78 is 4.98. The number of pyridine rings is 1. The van der Waals surface area contributed by atoms with E-state index in [0.29, 0.717) is 12.4 Å². The van der Waals surface area contributed by atoms with E-state index in [9.17, 15) is 4.79 Å². The summed E-state index contributed by atoms with van der Waals surface area (Å²) >= 11 is 0. The highest BCUT2D eigenvalue weighted by molar-refractivity contribution is 5.89. The molecule has 0 saturated heterocycles. The van der Waals surface area contributed by atoms with Gasteiger partial charge in [0.25, 0.3) is 0 Å². The second-order valence-corrected chi connectivity index (χ2v) is 4.33. The Morgan fingerprint density at radius 3 is 2.62 bits per heavy atom. The van der Waals surface area contributed by atoms with E-state index >= 15 is 0 Å². The average molecular weight is 280 g/mol. The molecular weight excluding hydrogens is 268 g/mol. The number of benzene rings is 1. The number of aromatic nitrogens is 3. The van der Waals surface area contributed by atoms with E-state index in [1.807, 2.05) is 30.3 Å². The Bertz CT molecular complexity index is 726. The Kier molecular flexibility index (Phi) is 3.68. The van der Waals surface area contributed by atoms with Gasteiger partial charge >= 0.3 is 11.8 Å². The fourth-order valence-corrected chi connectivity index (χ4v) is 1.79. The molecule has 0 atom stereocenters.